The summed E-state index contributed by atoms with van der Waals surface area (Å²) in [5, 5.41) is 8.90. The Bertz CT molecular complexity index is 715. The van der Waals surface area contributed by atoms with E-state index in [-0.39, 0.29) is 0 Å². The molecule has 3 aromatic rings. The minimum atomic E-state index is 0.849. The maximum absolute atomic E-state index is 4.61. The largest absolute Gasteiger partial charge is 0.337 e. The first kappa shape index (κ1) is 11.7. The third-order valence-corrected chi connectivity index (χ3v) is 3.10. The molecule has 0 fully saturated rings. The lowest BCUT2D eigenvalue weighted by Gasteiger charge is -2.05. The molecule has 0 saturated heterocycles. The summed E-state index contributed by atoms with van der Waals surface area (Å²) in [7, 11) is 1.93. The van der Waals surface area contributed by atoms with E-state index in [9.17, 15) is 0 Å². The Hall–Kier alpha value is -2.36. The Morgan fingerprint density at radius 3 is 2.84 bits per heavy atom. The molecule has 0 spiro atoms. The molecule has 0 aliphatic rings. The summed E-state index contributed by atoms with van der Waals surface area (Å²) in [6, 6.07) is 12.2. The lowest BCUT2D eigenvalue weighted by Crippen LogP contribution is -1.95. The molecule has 0 aliphatic carbocycles. The van der Waals surface area contributed by atoms with Crippen LogP contribution in [0.25, 0.3) is 10.9 Å². The van der Waals surface area contributed by atoms with Gasteiger partial charge in [0.1, 0.15) is 5.82 Å². The van der Waals surface area contributed by atoms with Crippen molar-refractivity contribution in [1.29, 1.82) is 0 Å². The summed E-state index contributed by atoms with van der Waals surface area (Å²) in [6.45, 7) is 2.10. The van der Waals surface area contributed by atoms with E-state index in [2.05, 4.69) is 34.5 Å². The highest BCUT2D eigenvalue weighted by atomic mass is 15.3. The second-order valence-electron chi connectivity index (χ2n) is 4.53. The second-order valence-corrected chi connectivity index (χ2v) is 4.53. The normalized spacial score (nSPS) is 10.8. The first-order valence-corrected chi connectivity index (χ1v) is 6.41. The van der Waals surface area contributed by atoms with Gasteiger partial charge in [0.25, 0.3) is 0 Å². The van der Waals surface area contributed by atoms with E-state index in [0.717, 1.165) is 34.5 Å². The topological polar surface area (TPSA) is 42.7 Å². The van der Waals surface area contributed by atoms with E-state index in [4.69, 9.17) is 0 Å². The molecule has 2 heterocycles. The van der Waals surface area contributed by atoms with Crippen LogP contribution in [0.3, 0.4) is 0 Å². The molecule has 4 nitrogen and oxygen atoms in total. The van der Waals surface area contributed by atoms with Crippen molar-refractivity contribution in [1.82, 2.24) is 14.8 Å². The highest BCUT2D eigenvalue weighted by Crippen LogP contribution is 2.21. The molecule has 0 unspecified atom stereocenters. The molecule has 0 radical (unpaired) electrons. The van der Waals surface area contributed by atoms with Crippen molar-refractivity contribution in [2.75, 3.05) is 5.32 Å². The number of para-hydroxylation sites is 1. The van der Waals surface area contributed by atoms with Crippen LogP contribution in [0.15, 0.2) is 42.6 Å². The van der Waals surface area contributed by atoms with Crippen LogP contribution in [0.5, 0.6) is 0 Å². The van der Waals surface area contributed by atoms with Crippen LogP contribution in [0, 0.1) is 0 Å². The first-order chi connectivity index (χ1) is 9.26. The number of pyridine rings is 1. The van der Waals surface area contributed by atoms with Gasteiger partial charge in [0.15, 0.2) is 0 Å². The van der Waals surface area contributed by atoms with E-state index >= 15 is 0 Å². The number of aryl methyl sites for hydroxylation is 2. The van der Waals surface area contributed by atoms with Gasteiger partial charge in [0.05, 0.1) is 16.9 Å². The molecule has 0 saturated carbocycles. The summed E-state index contributed by atoms with van der Waals surface area (Å²) >= 11 is 0. The average Bonchev–Trinajstić information content (AvgIpc) is 2.78. The Morgan fingerprint density at radius 1 is 1.16 bits per heavy atom. The predicted octanol–water partition coefficient (Wildman–Crippen LogP) is 3.27. The van der Waals surface area contributed by atoms with Crippen molar-refractivity contribution in [2.24, 2.45) is 7.05 Å². The van der Waals surface area contributed by atoms with Crippen LogP contribution >= 0.6 is 0 Å². The van der Waals surface area contributed by atoms with Crippen LogP contribution < -0.4 is 5.32 Å². The Kier molecular flexibility index (Phi) is 2.91. The number of nitrogens with zero attached hydrogens (tertiary/aromatic N) is 3. The number of aromatic nitrogens is 3. The van der Waals surface area contributed by atoms with E-state index in [0.29, 0.717) is 0 Å². The van der Waals surface area contributed by atoms with Crippen LogP contribution in [0.4, 0.5) is 11.5 Å². The number of nitrogens with one attached hydrogen (secondary N) is 1. The van der Waals surface area contributed by atoms with E-state index < -0.39 is 0 Å². The zero-order chi connectivity index (χ0) is 13.2. The lowest BCUT2D eigenvalue weighted by molar-refractivity contribution is 0.746. The van der Waals surface area contributed by atoms with Gasteiger partial charge in [-0.25, -0.2) is 4.98 Å². The Balaban J connectivity index is 1.96. The molecular formula is C15H16N4. The Labute approximate surface area is 112 Å². The lowest BCUT2D eigenvalue weighted by atomic mass is 10.2. The molecular weight excluding hydrogens is 236 g/mol. The van der Waals surface area contributed by atoms with Crippen molar-refractivity contribution in [3.05, 3.63) is 48.3 Å². The van der Waals surface area contributed by atoms with Gasteiger partial charge in [-0.3, -0.25) is 4.68 Å². The van der Waals surface area contributed by atoms with Gasteiger partial charge in [0.2, 0.25) is 0 Å². The number of rotatable bonds is 3. The van der Waals surface area contributed by atoms with Gasteiger partial charge < -0.3 is 5.32 Å². The number of anilines is 2. The number of fused-ring (bicyclic) bond motifs is 1. The molecule has 0 aliphatic heterocycles. The van der Waals surface area contributed by atoms with Gasteiger partial charge in [-0.2, -0.15) is 5.10 Å². The van der Waals surface area contributed by atoms with Crippen molar-refractivity contribution in [2.45, 2.75) is 13.3 Å². The van der Waals surface area contributed by atoms with E-state index in [1.54, 1.807) is 0 Å². The summed E-state index contributed by atoms with van der Waals surface area (Å²) in [6.07, 6.45) is 2.88. The van der Waals surface area contributed by atoms with Gasteiger partial charge in [-0.05, 0) is 24.6 Å². The molecule has 1 aromatic carbocycles. The van der Waals surface area contributed by atoms with Gasteiger partial charge >= 0.3 is 0 Å². The van der Waals surface area contributed by atoms with Crippen molar-refractivity contribution in [3.8, 4) is 0 Å². The predicted molar refractivity (Wildman–Crippen MR) is 77.6 cm³/mol. The zero-order valence-electron chi connectivity index (χ0n) is 11.1. The summed E-state index contributed by atoms with van der Waals surface area (Å²) in [5.74, 6) is 0.849. The molecule has 0 bridgehead atoms. The number of hydrogen-bond acceptors (Lipinski definition) is 3. The Morgan fingerprint density at radius 2 is 2.00 bits per heavy atom. The molecule has 96 valence electrons. The quantitative estimate of drug-likeness (QED) is 0.778. The maximum atomic E-state index is 4.61. The highest BCUT2D eigenvalue weighted by Gasteiger charge is 2.06. The zero-order valence-corrected chi connectivity index (χ0v) is 11.1. The summed E-state index contributed by atoms with van der Waals surface area (Å²) < 4.78 is 1.82. The maximum Gasteiger partial charge on any atom is 0.131 e. The van der Waals surface area contributed by atoms with Gasteiger partial charge in [-0.15, -0.1) is 0 Å². The van der Waals surface area contributed by atoms with Crippen LogP contribution in [-0.2, 0) is 13.5 Å². The van der Waals surface area contributed by atoms with Crippen molar-refractivity contribution < 1.29 is 0 Å². The molecule has 4 heteroatoms. The van der Waals surface area contributed by atoms with Gasteiger partial charge in [-0.1, -0.05) is 25.1 Å². The minimum Gasteiger partial charge on any atom is -0.337 e. The SMILES string of the molecule is CCc1nn(C)cc1Nc1ccc2ccccc2n1. The monoisotopic (exact) mass is 252 g/mol. The number of hydrogen-bond donors (Lipinski definition) is 1. The summed E-state index contributed by atoms with van der Waals surface area (Å²) in [5.41, 5.74) is 3.07. The first-order valence-electron chi connectivity index (χ1n) is 6.41. The van der Waals surface area contributed by atoms with Crippen LogP contribution in [0.2, 0.25) is 0 Å². The van der Waals surface area contributed by atoms with Crippen molar-refractivity contribution in [3.63, 3.8) is 0 Å². The van der Waals surface area contributed by atoms with Crippen molar-refractivity contribution >= 4 is 22.4 Å². The van der Waals surface area contributed by atoms with E-state index in [1.165, 1.54) is 0 Å². The molecule has 3 rings (SSSR count). The van der Waals surface area contributed by atoms with Gasteiger partial charge in [0, 0.05) is 18.6 Å². The fourth-order valence-corrected chi connectivity index (χ4v) is 2.17. The molecule has 1 N–H and O–H groups in total. The van der Waals surface area contributed by atoms with E-state index in [1.807, 2.05) is 42.2 Å². The summed E-state index contributed by atoms with van der Waals surface area (Å²) in [4.78, 5) is 4.61. The highest BCUT2D eigenvalue weighted by molar-refractivity contribution is 5.80. The molecule has 19 heavy (non-hydrogen) atoms. The molecule has 0 atom stereocenters. The fraction of sp³-hybridized carbons (Fsp3) is 0.200. The van der Waals surface area contributed by atoms with Crippen LogP contribution in [-0.4, -0.2) is 14.8 Å². The standard InChI is InChI=1S/C15H16N4/c1-3-12-14(10-19(2)18-12)17-15-9-8-11-6-4-5-7-13(11)16-15/h4-10H,3H2,1-2H3,(H,16,17). The second kappa shape index (κ2) is 4.72. The molecule has 0 amide bonds. The van der Waals surface area contributed by atoms with Crippen LogP contribution in [0.1, 0.15) is 12.6 Å². The third-order valence-electron chi connectivity index (χ3n) is 3.10. The smallest absolute Gasteiger partial charge is 0.131 e. The average molecular weight is 252 g/mol. The minimum absolute atomic E-state index is 0.849. The number of benzene rings is 1. The third kappa shape index (κ3) is 2.29. The molecule has 2 aromatic heterocycles. The fourth-order valence-electron chi connectivity index (χ4n) is 2.17.